The molecule has 1 saturated carbocycles. The number of para-hydroxylation sites is 1. The van der Waals surface area contributed by atoms with Crippen LogP contribution in [-0.2, 0) is 4.74 Å². The van der Waals surface area contributed by atoms with E-state index in [1.807, 2.05) is 23.1 Å². The van der Waals surface area contributed by atoms with Crippen LogP contribution < -0.4 is 4.74 Å². The van der Waals surface area contributed by atoms with Gasteiger partial charge in [0.15, 0.2) is 5.69 Å². The van der Waals surface area contributed by atoms with Crippen molar-refractivity contribution in [2.24, 2.45) is 17.8 Å². The van der Waals surface area contributed by atoms with Gasteiger partial charge in [0.1, 0.15) is 11.5 Å². The van der Waals surface area contributed by atoms with E-state index in [0.29, 0.717) is 31.2 Å². The zero-order valence-electron chi connectivity index (χ0n) is 15.5. The summed E-state index contributed by atoms with van der Waals surface area (Å²) in [6.07, 6.45) is 2.56. The summed E-state index contributed by atoms with van der Waals surface area (Å²) in [7, 11) is 0. The first-order valence-electron chi connectivity index (χ1n) is 9.74. The van der Waals surface area contributed by atoms with E-state index in [9.17, 15) is 4.79 Å². The summed E-state index contributed by atoms with van der Waals surface area (Å²) in [5, 5.41) is 3.94. The normalized spacial score (nSPS) is 26.4. The first-order chi connectivity index (χ1) is 13.2. The third-order valence-corrected chi connectivity index (χ3v) is 5.94. The largest absolute Gasteiger partial charge is 0.493 e. The number of hydrogen-bond donors (Lipinski definition) is 0. The smallest absolute Gasteiger partial charge is 0.276 e. The number of carbonyl (C=O) groups excluding carboxylic acids is 1. The Balaban J connectivity index is 1.42. The predicted octanol–water partition coefficient (Wildman–Crippen LogP) is 3.23. The summed E-state index contributed by atoms with van der Waals surface area (Å²) in [5.41, 5.74) is 1.45. The van der Waals surface area contributed by atoms with Crippen molar-refractivity contribution in [3.8, 4) is 5.75 Å². The van der Waals surface area contributed by atoms with Crippen LogP contribution in [0.3, 0.4) is 0 Å². The monoisotopic (exact) mass is 368 g/mol. The maximum atomic E-state index is 13.2. The Morgan fingerprint density at radius 3 is 2.93 bits per heavy atom. The molecule has 27 heavy (non-hydrogen) atoms. The standard InChI is InChI=1S/C21H24N2O4/c1-13-8-18(22-27-13)21(24)23-9-15(11-25-10-14-6-7-14)17-12-26-19-5-3-2-4-16(19)20(17)23/h2-5,8,14-15,17,20H,6-7,9-12H2,1H3/t15-,17-,20-/m0/s1. The van der Waals surface area contributed by atoms with Gasteiger partial charge in [0, 0.05) is 36.6 Å². The molecule has 0 N–H and O–H groups in total. The first-order valence-corrected chi connectivity index (χ1v) is 9.74. The molecule has 0 radical (unpaired) electrons. The fourth-order valence-electron chi connectivity index (χ4n) is 4.33. The van der Waals surface area contributed by atoms with E-state index in [1.54, 1.807) is 13.0 Å². The number of likely N-dealkylation sites (tertiary alicyclic amines) is 1. The molecule has 0 unspecified atom stereocenters. The van der Waals surface area contributed by atoms with E-state index in [2.05, 4.69) is 11.2 Å². The molecule has 5 rings (SSSR count). The van der Waals surface area contributed by atoms with Gasteiger partial charge in [0.25, 0.3) is 5.91 Å². The number of fused-ring (bicyclic) bond motifs is 3. The summed E-state index contributed by atoms with van der Waals surface area (Å²) in [6, 6.07) is 9.72. The van der Waals surface area contributed by atoms with E-state index in [-0.39, 0.29) is 23.8 Å². The van der Waals surface area contributed by atoms with Crippen LogP contribution in [0.2, 0.25) is 0 Å². The molecule has 6 heteroatoms. The first kappa shape index (κ1) is 16.8. The molecule has 6 nitrogen and oxygen atoms in total. The fourth-order valence-corrected chi connectivity index (χ4v) is 4.33. The molecular formula is C21H24N2O4. The molecule has 3 atom stereocenters. The van der Waals surface area contributed by atoms with Crippen LogP contribution >= 0.6 is 0 Å². The van der Waals surface area contributed by atoms with Gasteiger partial charge >= 0.3 is 0 Å². The van der Waals surface area contributed by atoms with Crippen molar-refractivity contribution in [2.75, 3.05) is 26.4 Å². The maximum Gasteiger partial charge on any atom is 0.276 e. The Labute approximate surface area is 158 Å². The highest BCUT2D eigenvalue weighted by molar-refractivity contribution is 5.93. The summed E-state index contributed by atoms with van der Waals surface area (Å²) >= 11 is 0. The lowest BCUT2D eigenvalue weighted by molar-refractivity contribution is 0.0619. The van der Waals surface area contributed by atoms with Crippen molar-refractivity contribution in [1.29, 1.82) is 0 Å². The van der Waals surface area contributed by atoms with E-state index in [1.165, 1.54) is 12.8 Å². The molecular weight excluding hydrogens is 344 g/mol. The Morgan fingerprint density at radius 1 is 1.30 bits per heavy atom. The van der Waals surface area contributed by atoms with E-state index in [4.69, 9.17) is 14.0 Å². The molecule has 0 bridgehead atoms. The summed E-state index contributed by atoms with van der Waals surface area (Å²) in [6.45, 7) is 4.57. The number of hydrogen-bond acceptors (Lipinski definition) is 5. The number of carbonyl (C=O) groups is 1. The molecule has 1 aromatic carbocycles. The summed E-state index contributed by atoms with van der Waals surface area (Å²) < 4.78 is 17.1. The Kier molecular flexibility index (Phi) is 4.16. The minimum absolute atomic E-state index is 0.00557. The van der Waals surface area contributed by atoms with Crippen molar-refractivity contribution < 1.29 is 18.8 Å². The molecule has 2 fully saturated rings. The molecule has 3 heterocycles. The van der Waals surface area contributed by atoms with Gasteiger partial charge in [-0.15, -0.1) is 0 Å². The summed E-state index contributed by atoms with van der Waals surface area (Å²) in [4.78, 5) is 15.1. The molecule has 1 saturated heterocycles. The van der Waals surface area contributed by atoms with E-state index < -0.39 is 0 Å². The second-order valence-electron chi connectivity index (χ2n) is 7.98. The van der Waals surface area contributed by atoms with Gasteiger partial charge in [-0.25, -0.2) is 0 Å². The quantitative estimate of drug-likeness (QED) is 0.811. The van der Waals surface area contributed by atoms with Crippen molar-refractivity contribution in [1.82, 2.24) is 10.1 Å². The lowest BCUT2D eigenvalue weighted by Crippen LogP contribution is -2.35. The minimum atomic E-state index is -0.0803. The van der Waals surface area contributed by atoms with E-state index >= 15 is 0 Å². The molecule has 1 aromatic heterocycles. The van der Waals surface area contributed by atoms with Crippen molar-refractivity contribution in [2.45, 2.75) is 25.8 Å². The number of benzene rings is 1. The number of aromatic nitrogens is 1. The maximum absolute atomic E-state index is 13.2. The number of amides is 1. The number of nitrogens with zero attached hydrogens (tertiary/aromatic N) is 2. The predicted molar refractivity (Wildman–Crippen MR) is 97.5 cm³/mol. The highest BCUT2D eigenvalue weighted by atomic mass is 16.5. The lowest BCUT2D eigenvalue weighted by Gasteiger charge is -2.34. The average Bonchev–Trinajstić information content (AvgIpc) is 3.28. The van der Waals surface area contributed by atoms with Crippen LogP contribution in [0.1, 0.15) is 40.7 Å². The molecule has 3 aliphatic rings. The topological polar surface area (TPSA) is 64.8 Å². The van der Waals surface area contributed by atoms with Crippen LogP contribution in [0.4, 0.5) is 0 Å². The molecule has 2 aromatic rings. The zero-order valence-corrected chi connectivity index (χ0v) is 15.5. The van der Waals surface area contributed by atoms with Crippen LogP contribution in [-0.4, -0.2) is 42.3 Å². The minimum Gasteiger partial charge on any atom is -0.493 e. The van der Waals surface area contributed by atoms with Gasteiger partial charge in [-0.1, -0.05) is 23.4 Å². The van der Waals surface area contributed by atoms with Gasteiger partial charge in [-0.2, -0.15) is 0 Å². The van der Waals surface area contributed by atoms with Gasteiger partial charge in [0.05, 0.1) is 19.3 Å². The number of rotatable bonds is 5. The van der Waals surface area contributed by atoms with Gasteiger partial charge in [-0.3, -0.25) is 4.79 Å². The van der Waals surface area contributed by atoms with Crippen LogP contribution in [0.25, 0.3) is 0 Å². The Bertz CT molecular complexity index is 844. The van der Waals surface area contributed by atoms with Crippen LogP contribution in [0.15, 0.2) is 34.9 Å². The zero-order chi connectivity index (χ0) is 18.4. The molecule has 2 aliphatic heterocycles. The highest BCUT2D eigenvalue weighted by Gasteiger charge is 2.48. The molecule has 142 valence electrons. The third-order valence-electron chi connectivity index (χ3n) is 5.94. The van der Waals surface area contributed by atoms with Crippen molar-refractivity contribution in [3.05, 3.63) is 47.3 Å². The SMILES string of the molecule is Cc1cc(C(=O)N2C[C@@H](COCC3CC3)[C@@H]3COc4ccccc4[C@@H]32)no1. The van der Waals surface area contributed by atoms with Gasteiger partial charge < -0.3 is 18.9 Å². The third kappa shape index (κ3) is 3.12. The summed E-state index contributed by atoms with van der Waals surface area (Å²) in [5.74, 6) is 2.66. The fraction of sp³-hybridized carbons (Fsp3) is 0.524. The molecule has 1 aliphatic carbocycles. The Hall–Kier alpha value is -2.34. The van der Waals surface area contributed by atoms with Gasteiger partial charge in [-0.05, 0) is 31.7 Å². The Morgan fingerprint density at radius 2 is 2.15 bits per heavy atom. The molecule has 1 amide bonds. The number of aryl methyl sites for hydroxylation is 1. The van der Waals surface area contributed by atoms with Crippen molar-refractivity contribution >= 4 is 5.91 Å². The van der Waals surface area contributed by atoms with Crippen LogP contribution in [0, 0.1) is 24.7 Å². The lowest BCUT2D eigenvalue weighted by atomic mass is 9.85. The number of ether oxygens (including phenoxy) is 2. The average molecular weight is 368 g/mol. The van der Waals surface area contributed by atoms with E-state index in [0.717, 1.165) is 23.8 Å². The second-order valence-corrected chi connectivity index (χ2v) is 7.98. The second kappa shape index (κ2) is 6.68. The molecule has 0 spiro atoms. The van der Waals surface area contributed by atoms with Crippen LogP contribution in [0.5, 0.6) is 5.75 Å². The highest BCUT2D eigenvalue weighted by Crippen LogP contribution is 2.47. The van der Waals surface area contributed by atoms with Gasteiger partial charge in [0.2, 0.25) is 0 Å². The van der Waals surface area contributed by atoms with Crippen molar-refractivity contribution in [3.63, 3.8) is 0 Å².